The lowest BCUT2D eigenvalue weighted by Gasteiger charge is -2.21. The number of aliphatic hydroxyl groups excluding tert-OH is 1. The molecule has 0 aromatic carbocycles. The second-order valence-electron chi connectivity index (χ2n) is 30.2. The molecule has 0 bridgehead atoms. The molecule has 0 radical (unpaired) electrons. The predicted molar refractivity (Wildman–Crippen MR) is 405 cm³/mol. The molecule has 99 heavy (non-hydrogen) atoms. The van der Waals surface area contributed by atoms with Crippen molar-refractivity contribution in [2.24, 2.45) is 17.8 Å². The average Bonchev–Trinajstić information content (AvgIpc) is 0.967. The molecule has 0 amide bonds. The third kappa shape index (κ3) is 74.1. The molecule has 0 aromatic heterocycles. The Kier molecular flexibility index (Phi) is 69.0. The molecule has 0 rings (SSSR count). The van der Waals surface area contributed by atoms with Crippen LogP contribution in [0.2, 0.25) is 0 Å². The highest BCUT2D eigenvalue weighted by atomic mass is 31.2. The second-order valence-corrected chi connectivity index (χ2v) is 33.1. The van der Waals surface area contributed by atoms with Crippen LogP contribution < -0.4 is 0 Å². The Hall–Kier alpha value is -1.94. The van der Waals surface area contributed by atoms with E-state index in [1.165, 1.54) is 225 Å². The smallest absolute Gasteiger partial charge is 0.462 e. The Morgan fingerprint density at radius 3 is 0.687 bits per heavy atom. The van der Waals surface area contributed by atoms with Gasteiger partial charge in [-0.05, 0) is 43.4 Å². The molecular formula is C80H156O17P2. The van der Waals surface area contributed by atoms with Gasteiger partial charge in [-0.25, -0.2) is 9.13 Å². The molecule has 0 aliphatic carbocycles. The average molecular weight is 1450 g/mol. The molecule has 0 saturated carbocycles. The van der Waals surface area contributed by atoms with Crippen LogP contribution >= 0.6 is 15.6 Å². The highest BCUT2D eigenvalue weighted by Crippen LogP contribution is 2.45. The number of hydrogen-bond donors (Lipinski definition) is 3. The van der Waals surface area contributed by atoms with Crippen molar-refractivity contribution < 1.29 is 80.2 Å². The van der Waals surface area contributed by atoms with E-state index in [4.69, 9.17) is 37.0 Å². The van der Waals surface area contributed by atoms with Crippen LogP contribution in [0.3, 0.4) is 0 Å². The predicted octanol–water partition coefficient (Wildman–Crippen LogP) is 23.7. The van der Waals surface area contributed by atoms with Gasteiger partial charge in [0.15, 0.2) is 12.2 Å². The summed E-state index contributed by atoms with van der Waals surface area (Å²) in [5.41, 5.74) is 0. The van der Waals surface area contributed by atoms with Gasteiger partial charge < -0.3 is 33.8 Å². The van der Waals surface area contributed by atoms with E-state index in [1.807, 2.05) is 0 Å². The number of rotatable bonds is 78. The highest BCUT2D eigenvalue weighted by molar-refractivity contribution is 7.47. The SMILES string of the molecule is CCCCCCCCCCCCCCCCCCCC(=O)OC[C@H](COP(=O)(O)OC[C@@H](O)COP(=O)(O)OC[C@@H](COC(=O)CCCCCCCCCCC(C)C)OC(=O)CCCCCCCCCCCC(C)C)OC(=O)CCCCCCCCCCCCCCCCCCC(C)C. The lowest BCUT2D eigenvalue weighted by molar-refractivity contribution is -0.161. The zero-order valence-electron chi connectivity index (χ0n) is 65.0. The van der Waals surface area contributed by atoms with E-state index >= 15 is 0 Å². The summed E-state index contributed by atoms with van der Waals surface area (Å²) < 4.78 is 68.7. The maximum atomic E-state index is 13.1. The van der Waals surface area contributed by atoms with E-state index in [1.54, 1.807) is 0 Å². The lowest BCUT2D eigenvalue weighted by Crippen LogP contribution is -2.30. The summed E-state index contributed by atoms with van der Waals surface area (Å²) in [4.78, 5) is 73.0. The molecule has 0 saturated heterocycles. The molecule has 3 N–H and O–H groups in total. The first-order valence-corrected chi connectivity index (χ1v) is 44.3. The summed E-state index contributed by atoms with van der Waals surface area (Å²) in [7, 11) is -9.92. The van der Waals surface area contributed by atoms with Crippen LogP contribution in [0.25, 0.3) is 0 Å². The minimum Gasteiger partial charge on any atom is -0.462 e. The fourth-order valence-corrected chi connectivity index (χ4v) is 13.9. The van der Waals surface area contributed by atoms with Gasteiger partial charge in [-0.3, -0.25) is 37.3 Å². The normalized spacial score (nSPS) is 14.0. The van der Waals surface area contributed by atoms with Crippen LogP contribution in [0.15, 0.2) is 0 Å². The second kappa shape index (κ2) is 70.4. The van der Waals surface area contributed by atoms with Gasteiger partial charge in [-0.2, -0.15) is 0 Å². The van der Waals surface area contributed by atoms with E-state index in [0.717, 1.165) is 108 Å². The van der Waals surface area contributed by atoms with Gasteiger partial charge >= 0.3 is 39.5 Å². The minimum atomic E-state index is -4.96. The Balaban J connectivity index is 5.24. The van der Waals surface area contributed by atoms with Crippen LogP contribution in [-0.2, 0) is 65.4 Å². The van der Waals surface area contributed by atoms with Crippen molar-refractivity contribution in [3.05, 3.63) is 0 Å². The standard InChI is InChI=1S/C80H156O17P2/c1-8-9-10-11-12-13-14-15-16-17-21-24-27-32-40-47-54-61-77(82)90-67-75(96-79(84)63-56-49-42-33-28-25-22-19-18-20-23-26-30-37-44-51-58-71(2)3)69-94-98(86,87)92-65-74(81)66-93-99(88,89)95-70-76(68-91-78(83)62-55-48-41-36-35-39-46-53-60-73(6)7)97-80(85)64-57-50-43-34-29-31-38-45-52-59-72(4)5/h71-76,81H,8-70H2,1-7H3,(H,86,87)(H,88,89)/t74-,75-,76-/m1/s1. The van der Waals surface area contributed by atoms with Crippen LogP contribution in [0.5, 0.6) is 0 Å². The number of hydrogen-bond acceptors (Lipinski definition) is 15. The van der Waals surface area contributed by atoms with Crippen molar-refractivity contribution in [1.82, 2.24) is 0 Å². The largest absolute Gasteiger partial charge is 0.472 e. The number of phosphoric ester groups is 2. The van der Waals surface area contributed by atoms with Crippen molar-refractivity contribution in [1.29, 1.82) is 0 Å². The zero-order valence-corrected chi connectivity index (χ0v) is 66.8. The Morgan fingerprint density at radius 1 is 0.273 bits per heavy atom. The quantitative estimate of drug-likeness (QED) is 0.0222. The molecule has 0 spiro atoms. The molecule has 0 aliphatic rings. The van der Waals surface area contributed by atoms with Gasteiger partial charge in [0, 0.05) is 25.7 Å². The van der Waals surface area contributed by atoms with E-state index in [-0.39, 0.29) is 25.7 Å². The number of ether oxygens (including phenoxy) is 4. The Labute approximate surface area is 607 Å². The van der Waals surface area contributed by atoms with Gasteiger partial charge in [-0.1, -0.05) is 363 Å². The Bertz CT molecular complexity index is 1920. The highest BCUT2D eigenvalue weighted by Gasteiger charge is 2.30. The monoisotopic (exact) mass is 1450 g/mol. The van der Waals surface area contributed by atoms with Crippen molar-refractivity contribution in [2.45, 2.75) is 433 Å². The molecule has 588 valence electrons. The third-order valence-corrected chi connectivity index (χ3v) is 20.5. The molecule has 0 fully saturated rings. The summed E-state index contributed by atoms with van der Waals surface area (Å²) in [5.74, 6) is 0.159. The Morgan fingerprint density at radius 2 is 0.465 bits per heavy atom. The number of aliphatic hydroxyl groups is 1. The van der Waals surface area contributed by atoms with Crippen LogP contribution in [0.4, 0.5) is 0 Å². The first-order chi connectivity index (χ1) is 47.7. The molecular weight excluding hydrogens is 1290 g/mol. The maximum Gasteiger partial charge on any atom is 0.472 e. The topological polar surface area (TPSA) is 237 Å². The van der Waals surface area contributed by atoms with Gasteiger partial charge in [-0.15, -0.1) is 0 Å². The van der Waals surface area contributed by atoms with Crippen molar-refractivity contribution >= 4 is 39.5 Å². The van der Waals surface area contributed by atoms with Gasteiger partial charge in [0.05, 0.1) is 26.4 Å². The third-order valence-electron chi connectivity index (χ3n) is 18.6. The van der Waals surface area contributed by atoms with Gasteiger partial charge in [0.25, 0.3) is 0 Å². The van der Waals surface area contributed by atoms with Crippen molar-refractivity contribution in [3.63, 3.8) is 0 Å². The first-order valence-electron chi connectivity index (χ1n) is 41.3. The van der Waals surface area contributed by atoms with Crippen LogP contribution in [0, 0.1) is 17.8 Å². The number of carbonyl (C=O) groups is 4. The van der Waals surface area contributed by atoms with E-state index < -0.39 is 97.5 Å². The number of carbonyl (C=O) groups excluding carboxylic acids is 4. The summed E-state index contributed by atoms with van der Waals surface area (Å²) in [6.45, 7) is 11.9. The molecule has 17 nitrogen and oxygen atoms in total. The number of esters is 4. The summed E-state index contributed by atoms with van der Waals surface area (Å²) in [6.07, 6.45) is 58.4. The van der Waals surface area contributed by atoms with E-state index in [0.29, 0.717) is 25.7 Å². The summed E-state index contributed by atoms with van der Waals surface area (Å²) in [6, 6.07) is 0. The lowest BCUT2D eigenvalue weighted by atomic mass is 10.0. The van der Waals surface area contributed by atoms with Crippen molar-refractivity contribution in [3.8, 4) is 0 Å². The fourth-order valence-electron chi connectivity index (χ4n) is 12.3. The summed E-state index contributed by atoms with van der Waals surface area (Å²) in [5, 5.41) is 10.6. The number of unbranched alkanes of at least 4 members (excludes halogenated alkanes) is 46. The molecule has 5 atom stereocenters. The fraction of sp³-hybridized carbons (Fsp3) is 0.950. The molecule has 19 heteroatoms. The molecule has 0 aromatic rings. The van der Waals surface area contributed by atoms with Crippen molar-refractivity contribution in [2.75, 3.05) is 39.6 Å². The first kappa shape index (κ1) is 97.1. The minimum absolute atomic E-state index is 0.105. The van der Waals surface area contributed by atoms with Gasteiger partial charge in [0.2, 0.25) is 0 Å². The molecule has 0 aliphatic heterocycles. The zero-order chi connectivity index (χ0) is 73.0. The van der Waals surface area contributed by atoms with Crippen LogP contribution in [0.1, 0.15) is 414 Å². The molecule has 2 unspecified atom stereocenters. The van der Waals surface area contributed by atoms with Gasteiger partial charge in [0.1, 0.15) is 19.3 Å². The number of phosphoric acid groups is 2. The van der Waals surface area contributed by atoms with E-state index in [2.05, 4.69) is 48.5 Å². The molecule has 0 heterocycles. The van der Waals surface area contributed by atoms with Crippen LogP contribution in [-0.4, -0.2) is 96.7 Å². The maximum absolute atomic E-state index is 13.1. The summed E-state index contributed by atoms with van der Waals surface area (Å²) >= 11 is 0. The van der Waals surface area contributed by atoms with E-state index in [9.17, 15) is 43.2 Å².